The summed E-state index contributed by atoms with van der Waals surface area (Å²) in [6, 6.07) is 7.51. The van der Waals surface area contributed by atoms with Gasteiger partial charge < -0.3 is 9.84 Å². The lowest BCUT2D eigenvalue weighted by atomic mass is 9.92. The highest BCUT2D eigenvalue weighted by molar-refractivity contribution is 9.10. The molecule has 104 valence electrons. The van der Waals surface area contributed by atoms with Crippen molar-refractivity contribution in [2.45, 2.75) is 50.7 Å². The Morgan fingerprint density at radius 1 is 1.58 bits per heavy atom. The van der Waals surface area contributed by atoms with Gasteiger partial charge in [-0.2, -0.15) is 0 Å². The number of hydrogen-bond donors (Lipinski definition) is 1. The molecule has 2 atom stereocenters. The normalized spacial score (nSPS) is 23.2. The van der Waals surface area contributed by atoms with E-state index in [0.717, 1.165) is 22.9 Å². The number of benzene rings is 1. The van der Waals surface area contributed by atoms with Crippen molar-refractivity contribution in [3.8, 4) is 0 Å². The molecule has 1 aromatic carbocycles. The second kappa shape index (κ2) is 5.63. The highest BCUT2D eigenvalue weighted by atomic mass is 79.9. The zero-order chi connectivity index (χ0) is 14.0. The third kappa shape index (κ3) is 3.80. The number of halogens is 1. The molecule has 0 bridgehead atoms. The lowest BCUT2D eigenvalue weighted by molar-refractivity contribution is -0.140. The summed E-state index contributed by atoms with van der Waals surface area (Å²) >= 11 is 3.39. The van der Waals surface area contributed by atoms with E-state index in [1.54, 1.807) is 0 Å². The van der Waals surface area contributed by atoms with E-state index >= 15 is 0 Å². The topological polar surface area (TPSA) is 46.5 Å². The van der Waals surface area contributed by atoms with Gasteiger partial charge in [0.2, 0.25) is 0 Å². The van der Waals surface area contributed by atoms with Gasteiger partial charge in [0, 0.05) is 4.47 Å². The SMILES string of the molecule is CC1(C)CCC(CC(C(=O)O)c2cccc(Br)c2)O1. The first-order valence-electron chi connectivity index (χ1n) is 6.53. The van der Waals surface area contributed by atoms with E-state index in [-0.39, 0.29) is 11.7 Å². The van der Waals surface area contributed by atoms with Crippen LogP contribution in [-0.4, -0.2) is 22.8 Å². The Labute approximate surface area is 122 Å². The Morgan fingerprint density at radius 3 is 2.84 bits per heavy atom. The predicted octanol–water partition coefficient (Wildman–Crippen LogP) is 3.97. The van der Waals surface area contributed by atoms with Gasteiger partial charge in [-0.05, 0) is 50.8 Å². The first-order chi connectivity index (χ1) is 8.87. The van der Waals surface area contributed by atoms with Crippen LogP contribution in [0.5, 0.6) is 0 Å². The van der Waals surface area contributed by atoms with E-state index in [4.69, 9.17) is 4.74 Å². The number of aliphatic carboxylic acids is 1. The Kier molecular flexibility index (Phi) is 4.31. The molecule has 1 aromatic rings. The number of ether oxygens (including phenoxy) is 1. The number of rotatable bonds is 4. The van der Waals surface area contributed by atoms with Crippen LogP contribution in [0.2, 0.25) is 0 Å². The summed E-state index contributed by atoms with van der Waals surface area (Å²) in [6.45, 7) is 4.11. The molecule has 1 aliphatic heterocycles. The summed E-state index contributed by atoms with van der Waals surface area (Å²) < 4.78 is 6.81. The van der Waals surface area contributed by atoms with E-state index in [0.29, 0.717) is 6.42 Å². The molecular formula is C15H19BrO3. The zero-order valence-electron chi connectivity index (χ0n) is 11.2. The third-order valence-electron chi connectivity index (χ3n) is 3.60. The standard InChI is InChI=1S/C15H19BrO3/c1-15(2)7-6-12(19-15)9-13(14(17)18)10-4-3-5-11(16)8-10/h3-5,8,12-13H,6-7,9H2,1-2H3,(H,17,18). The molecule has 0 saturated carbocycles. The second-order valence-electron chi connectivity index (χ2n) is 5.72. The molecule has 0 radical (unpaired) electrons. The summed E-state index contributed by atoms with van der Waals surface area (Å²) in [6.07, 6.45) is 2.50. The van der Waals surface area contributed by atoms with Crippen LogP contribution < -0.4 is 0 Å². The zero-order valence-corrected chi connectivity index (χ0v) is 12.8. The smallest absolute Gasteiger partial charge is 0.311 e. The van der Waals surface area contributed by atoms with Gasteiger partial charge in [0.05, 0.1) is 17.6 Å². The summed E-state index contributed by atoms with van der Waals surface area (Å²) in [5.74, 6) is -1.29. The van der Waals surface area contributed by atoms with Crippen LogP contribution in [0.3, 0.4) is 0 Å². The van der Waals surface area contributed by atoms with Gasteiger partial charge in [-0.15, -0.1) is 0 Å². The van der Waals surface area contributed by atoms with Crippen molar-refractivity contribution in [2.24, 2.45) is 0 Å². The lowest BCUT2D eigenvalue weighted by Crippen LogP contribution is -2.23. The minimum absolute atomic E-state index is 0.0371. The van der Waals surface area contributed by atoms with Crippen LogP contribution in [-0.2, 0) is 9.53 Å². The maximum atomic E-state index is 11.5. The summed E-state index contributed by atoms with van der Waals surface area (Å²) in [7, 11) is 0. The molecule has 0 aliphatic carbocycles. The Hall–Kier alpha value is -0.870. The van der Waals surface area contributed by atoms with Crippen molar-refractivity contribution in [3.05, 3.63) is 34.3 Å². The molecule has 0 aromatic heterocycles. The fourth-order valence-electron chi connectivity index (χ4n) is 2.61. The largest absolute Gasteiger partial charge is 0.481 e. The quantitative estimate of drug-likeness (QED) is 0.910. The number of carboxylic acids is 1. The highest BCUT2D eigenvalue weighted by Gasteiger charge is 2.35. The van der Waals surface area contributed by atoms with Crippen LogP contribution in [0.25, 0.3) is 0 Å². The van der Waals surface area contributed by atoms with Crippen molar-refractivity contribution in [1.82, 2.24) is 0 Å². The highest BCUT2D eigenvalue weighted by Crippen LogP contribution is 2.35. The minimum Gasteiger partial charge on any atom is -0.481 e. The van der Waals surface area contributed by atoms with Crippen molar-refractivity contribution in [3.63, 3.8) is 0 Å². The lowest BCUT2D eigenvalue weighted by Gasteiger charge is -2.21. The van der Waals surface area contributed by atoms with E-state index in [1.807, 2.05) is 24.3 Å². The number of carbonyl (C=O) groups is 1. The van der Waals surface area contributed by atoms with E-state index in [1.165, 1.54) is 0 Å². The Bertz CT molecular complexity index is 470. The van der Waals surface area contributed by atoms with Crippen LogP contribution in [0, 0.1) is 0 Å². The first kappa shape index (κ1) is 14.5. The van der Waals surface area contributed by atoms with Gasteiger partial charge in [-0.1, -0.05) is 28.1 Å². The Morgan fingerprint density at radius 2 is 2.32 bits per heavy atom. The molecule has 1 heterocycles. The molecule has 1 N–H and O–H groups in total. The molecule has 19 heavy (non-hydrogen) atoms. The molecule has 2 unspecified atom stereocenters. The first-order valence-corrected chi connectivity index (χ1v) is 7.33. The molecule has 4 heteroatoms. The van der Waals surface area contributed by atoms with Gasteiger partial charge in [0.1, 0.15) is 0 Å². The fourth-order valence-corrected chi connectivity index (χ4v) is 3.03. The average Bonchev–Trinajstić information content (AvgIpc) is 2.65. The summed E-state index contributed by atoms with van der Waals surface area (Å²) in [4.78, 5) is 11.5. The molecule has 0 amide bonds. The van der Waals surface area contributed by atoms with Gasteiger partial charge >= 0.3 is 5.97 Å². The van der Waals surface area contributed by atoms with E-state index in [2.05, 4.69) is 29.8 Å². The summed E-state index contributed by atoms with van der Waals surface area (Å²) in [5.41, 5.74) is 0.709. The third-order valence-corrected chi connectivity index (χ3v) is 4.10. The van der Waals surface area contributed by atoms with Crippen molar-refractivity contribution in [2.75, 3.05) is 0 Å². The molecular weight excluding hydrogens is 308 g/mol. The van der Waals surface area contributed by atoms with Crippen LogP contribution in [0.15, 0.2) is 28.7 Å². The number of hydrogen-bond acceptors (Lipinski definition) is 2. The van der Waals surface area contributed by atoms with E-state index < -0.39 is 11.9 Å². The molecule has 1 aliphatic rings. The maximum absolute atomic E-state index is 11.5. The summed E-state index contributed by atoms with van der Waals surface area (Å²) in [5, 5.41) is 9.44. The Balaban J connectivity index is 2.12. The van der Waals surface area contributed by atoms with Gasteiger partial charge in [0.15, 0.2) is 0 Å². The van der Waals surface area contributed by atoms with Crippen molar-refractivity contribution < 1.29 is 14.6 Å². The molecule has 0 spiro atoms. The van der Waals surface area contributed by atoms with Crippen LogP contribution in [0.1, 0.15) is 44.6 Å². The predicted molar refractivity (Wildman–Crippen MR) is 77.3 cm³/mol. The molecule has 3 nitrogen and oxygen atoms in total. The average molecular weight is 327 g/mol. The van der Waals surface area contributed by atoms with Crippen molar-refractivity contribution in [1.29, 1.82) is 0 Å². The number of carboxylic acid groups (broad SMARTS) is 1. The monoisotopic (exact) mass is 326 g/mol. The molecule has 1 saturated heterocycles. The second-order valence-corrected chi connectivity index (χ2v) is 6.64. The van der Waals surface area contributed by atoms with Crippen LogP contribution >= 0.6 is 15.9 Å². The van der Waals surface area contributed by atoms with E-state index in [9.17, 15) is 9.90 Å². The molecule has 2 rings (SSSR count). The van der Waals surface area contributed by atoms with Crippen molar-refractivity contribution >= 4 is 21.9 Å². The maximum Gasteiger partial charge on any atom is 0.311 e. The fraction of sp³-hybridized carbons (Fsp3) is 0.533. The van der Waals surface area contributed by atoms with Gasteiger partial charge in [-0.3, -0.25) is 4.79 Å². The minimum atomic E-state index is -0.786. The van der Waals surface area contributed by atoms with Gasteiger partial charge in [0.25, 0.3) is 0 Å². The van der Waals surface area contributed by atoms with Gasteiger partial charge in [-0.25, -0.2) is 0 Å². The van der Waals surface area contributed by atoms with Crippen LogP contribution in [0.4, 0.5) is 0 Å². The molecule has 1 fully saturated rings.